The number of rotatable bonds is 10. The summed E-state index contributed by atoms with van der Waals surface area (Å²) in [4.78, 5) is 25.4. The summed E-state index contributed by atoms with van der Waals surface area (Å²) in [5.74, 6) is 0.194. The second-order valence-corrected chi connectivity index (χ2v) is 12.4. The van der Waals surface area contributed by atoms with Crippen LogP contribution in [0.3, 0.4) is 0 Å². The van der Waals surface area contributed by atoms with E-state index in [1.165, 1.54) is 33.1 Å². The molecule has 1 atom stereocenters. The van der Waals surface area contributed by atoms with E-state index in [9.17, 15) is 23.1 Å². The van der Waals surface area contributed by atoms with Crippen LogP contribution in [-0.2, 0) is 19.4 Å². The van der Waals surface area contributed by atoms with E-state index in [1.807, 2.05) is 13.0 Å². The summed E-state index contributed by atoms with van der Waals surface area (Å²) in [7, 11) is -2.31. The molecule has 236 valence electrons. The fourth-order valence-corrected chi connectivity index (χ4v) is 6.37. The van der Waals surface area contributed by atoms with E-state index < -0.39 is 27.8 Å². The Kier molecular flexibility index (Phi) is 9.15. The van der Waals surface area contributed by atoms with Gasteiger partial charge in [0.15, 0.2) is 11.9 Å². The molecule has 46 heavy (non-hydrogen) atoms. The molecule has 2 amide bonds. The van der Waals surface area contributed by atoms with Crippen LogP contribution in [0.1, 0.15) is 19.4 Å². The predicted octanol–water partition coefficient (Wildman–Crippen LogP) is 6.85. The van der Waals surface area contributed by atoms with Crippen molar-refractivity contribution in [3.8, 4) is 28.7 Å². The van der Waals surface area contributed by atoms with Gasteiger partial charge in [-0.05, 0) is 67.9 Å². The number of carbonyl (C=O) groups is 2. The lowest BCUT2D eigenvalue weighted by atomic mass is 10.1. The van der Waals surface area contributed by atoms with Crippen LogP contribution in [0.2, 0.25) is 0 Å². The number of benzene rings is 5. The molecule has 0 bridgehead atoms. The molecule has 0 aliphatic rings. The third-order valence-electron chi connectivity index (χ3n) is 7.06. The molecule has 11 heteroatoms. The van der Waals surface area contributed by atoms with Gasteiger partial charge in [0, 0.05) is 29.8 Å². The average molecular weight is 641 g/mol. The van der Waals surface area contributed by atoms with E-state index in [-0.39, 0.29) is 32.7 Å². The van der Waals surface area contributed by atoms with Crippen molar-refractivity contribution in [2.24, 2.45) is 0 Å². The zero-order chi connectivity index (χ0) is 33.0. The Morgan fingerprint density at radius 3 is 2.15 bits per heavy atom. The first-order chi connectivity index (χ1) is 22.0. The fourth-order valence-electron chi connectivity index (χ4n) is 4.79. The molecule has 10 nitrogen and oxygen atoms in total. The number of sulfone groups is 1. The van der Waals surface area contributed by atoms with Crippen molar-refractivity contribution in [2.75, 3.05) is 17.7 Å². The average Bonchev–Trinajstić information content (AvgIpc) is 3.03. The SMILES string of the molecule is COc1ccc(Oc2cc(NC(C)=O)c(O)cc2NC(=O)C(C)Oc2cccc3c(S(=O)(=O)c4cccc(C)c4)cccc23)cc1. The summed E-state index contributed by atoms with van der Waals surface area (Å²) in [6, 6.07) is 26.0. The third-order valence-corrected chi connectivity index (χ3v) is 8.87. The van der Waals surface area contributed by atoms with Crippen molar-refractivity contribution in [3.05, 3.63) is 103 Å². The lowest BCUT2D eigenvalue weighted by molar-refractivity contribution is -0.122. The molecule has 0 spiro atoms. The standard InChI is InChI=1S/C35H32N2O8S/c1-21-8-5-9-26(18-21)46(41,42)34-13-7-10-27-28(34)11-6-12-32(27)44-22(2)35(40)37-30-19-31(39)29(36-23(3)38)20-33(30)45-25-16-14-24(43-4)15-17-25/h5-20,22,39H,1-4H3,(H,36,38)(H,37,40). The van der Waals surface area contributed by atoms with Gasteiger partial charge in [0.1, 0.15) is 23.0 Å². The molecule has 5 rings (SSSR count). The minimum Gasteiger partial charge on any atom is -0.506 e. The predicted molar refractivity (Wildman–Crippen MR) is 175 cm³/mol. The summed E-state index contributed by atoms with van der Waals surface area (Å²) >= 11 is 0. The number of ether oxygens (including phenoxy) is 3. The second kappa shape index (κ2) is 13.2. The molecule has 0 saturated heterocycles. The van der Waals surface area contributed by atoms with Crippen LogP contribution in [0.5, 0.6) is 28.7 Å². The minimum absolute atomic E-state index is 0.0884. The summed E-state index contributed by atoms with van der Waals surface area (Å²) in [6.07, 6.45) is -1.06. The molecule has 0 radical (unpaired) electrons. The Morgan fingerprint density at radius 2 is 1.46 bits per heavy atom. The maximum Gasteiger partial charge on any atom is 0.265 e. The number of phenols is 1. The number of amides is 2. The topological polar surface area (TPSA) is 140 Å². The normalized spacial score (nSPS) is 11.8. The molecule has 0 aromatic heterocycles. The number of aryl methyl sites for hydroxylation is 1. The monoisotopic (exact) mass is 640 g/mol. The number of nitrogens with one attached hydrogen (secondary N) is 2. The number of phenolic OH excluding ortho intramolecular Hbond substituents is 1. The van der Waals surface area contributed by atoms with Crippen molar-refractivity contribution in [1.29, 1.82) is 0 Å². The van der Waals surface area contributed by atoms with Gasteiger partial charge in [-0.25, -0.2) is 8.42 Å². The minimum atomic E-state index is -3.85. The van der Waals surface area contributed by atoms with Crippen molar-refractivity contribution in [2.45, 2.75) is 36.7 Å². The van der Waals surface area contributed by atoms with Gasteiger partial charge in [-0.1, -0.05) is 36.4 Å². The first-order valence-corrected chi connectivity index (χ1v) is 15.7. The van der Waals surface area contributed by atoms with Crippen LogP contribution < -0.4 is 24.8 Å². The van der Waals surface area contributed by atoms with Gasteiger partial charge in [0.25, 0.3) is 5.91 Å². The number of carbonyl (C=O) groups excluding carboxylic acids is 2. The Morgan fingerprint density at radius 1 is 0.783 bits per heavy atom. The van der Waals surface area contributed by atoms with Gasteiger partial charge >= 0.3 is 0 Å². The zero-order valence-electron chi connectivity index (χ0n) is 25.5. The van der Waals surface area contributed by atoms with E-state index in [2.05, 4.69) is 10.6 Å². The van der Waals surface area contributed by atoms with Gasteiger partial charge in [-0.2, -0.15) is 0 Å². The van der Waals surface area contributed by atoms with Crippen molar-refractivity contribution < 1.29 is 37.3 Å². The highest BCUT2D eigenvalue weighted by molar-refractivity contribution is 7.91. The number of fused-ring (bicyclic) bond motifs is 1. The lowest BCUT2D eigenvalue weighted by Gasteiger charge is -2.19. The van der Waals surface area contributed by atoms with Gasteiger partial charge in [-0.15, -0.1) is 0 Å². The number of hydrogen-bond donors (Lipinski definition) is 3. The van der Waals surface area contributed by atoms with Crippen molar-refractivity contribution in [1.82, 2.24) is 0 Å². The molecule has 1 unspecified atom stereocenters. The fraction of sp³-hybridized carbons (Fsp3) is 0.143. The molecule has 5 aromatic rings. The van der Waals surface area contributed by atoms with E-state index >= 15 is 0 Å². The van der Waals surface area contributed by atoms with Crippen LogP contribution in [0, 0.1) is 6.92 Å². The molecular formula is C35H32N2O8S. The Labute approximate surface area is 266 Å². The highest BCUT2D eigenvalue weighted by atomic mass is 32.2. The Bertz CT molecular complexity index is 2040. The molecule has 0 aliphatic carbocycles. The van der Waals surface area contributed by atoms with Crippen LogP contribution in [0.4, 0.5) is 11.4 Å². The van der Waals surface area contributed by atoms with Crippen LogP contribution in [0.15, 0.2) is 107 Å². The summed E-state index contributed by atoms with van der Waals surface area (Å²) in [5, 5.41) is 16.8. The lowest BCUT2D eigenvalue weighted by Crippen LogP contribution is -2.30. The van der Waals surface area contributed by atoms with Gasteiger partial charge in [0.05, 0.1) is 28.3 Å². The molecule has 0 aliphatic heterocycles. The maximum atomic E-state index is 13.6. The molecular weight excluding hydrogens is 608 g/mol. The maximum absolute atomic E-state index is 13.6. The zero-order valence-corrected chi connectivity index (χ0v) is 26.3. The largest absolute Gasteiger partial charge is 0.506 e. The highest BCUT2D eigenvalue weighted by Crippen LogP contribution is 2.39. The van der Waals surface area contributed by atoms with Crippen LogP contribution in [0.25, 0.3) is 10.8 Å². The molecule has 5 aromatic carbocycles. The first kappa shape index (κ1) is 31.9. The van der Waals surface area contributed by atoms with E-state index in [0.717, 1.165) is 5.56 Å². The number of aromatic hydroxyl groups is 1. The Hall–Kier alpha value is -5.55. The van der Waals surface area contributed by atoms with E-state index in [4.69, 9.17) is 14.2 Å². The van der Waals surface area contributed by atoms with Crippen LogP contribution >= 0.6 is 0 Å². The first-order valence-electron chi connectivity index (χ1n) is 14.2. The summed E-state index contributed by atoms with van der Waals surface area (Å²) in [6.45, 7) is 4.66. The summed E-state index contributed by atoms with van der Waals surface area (Å²) < 4.78 is 44.4. The number of methoxy groups -OCH3 is 1. The molecule has 0 saturated carbocycles. The molecule has 0 heterocycles. The van der Waals surface area contributed by atoms with E-state index in [0.29, 0.717) is 28.0 Å². The van der Waals surface area contributed by atoms with Crippen molar-refractivity contribution >= 4 is 43.8 Å². The number of anilines is 2. The van der Waals surface area contributed by atoms with E-state index in [1.54, 1.807) is 78.9 Å². The van der Waals surface area contributed by atoms with Crippen molar-refractivity contribution in [3.63, 3.8) is 0 Å². The van der Waals surface area contributed by atoms with Gasteiger partial charge < -0.3 is 30.0 Å². The molecule has 3 N–H and O–H groups in total. The van der Waals surface area contributed by atoms with Gasteiger partial charge in [-0.3, -0.25) is 9.59 Å². The van der Waals surface area contributed by atoms with Crippen LogP contribution in [-0.4, -0.2) is 38.6 Å². The van der Waals surface area contributed by atoms with Gasteiger partial charge in [0.2, 0.25) is 15.7 Å². The Balaban J connectivity index is 1.42. The highest BCUT2D eigenvalue weighted by Gasteiger charge is 2.24. The quantitative estimate of drug-likeness (QED) is 0.141. The number of hydrogen-bond acceptors (Lipinski definition) is 8. The summed E-state index contributed by atoms with van der Waals surface area (Å²) in [5.41, 5.74) is 1.03. The third kappa shape index (κ3) is 6.89. The smallest absolute Gasteiger partial charge is 0.265 e. The second-order valence-electron chi connectivity index (χ2n) is 10.5. The molecule has 0 fully saturated rings.